The van der Waals surface area contributed by atoms with E-state index in [0.717, 1.165) is 25.0 Å². The molecule has 3 aromatic rings. The number of ether oxygens (including phenoxy) is 2. The topological polar surface area (TPSA) is 127 Å². The highest BCUT2D eigenvalue weighted by molar-refractivity contribution is 6.03. The molecule has 2 heterocycles. The predicted octanol–water partition coefficient (Wildman–Crippen LogP) is 3.84. The minimum absolute atomic E-state index is 0.0300. The number of rotatable bonds is 7. The highest BCUT2D eigenvalue weighted by Gasteiger charge is 2.19. The van der Waals surface area contributed by atoms with Gasteiger partial charge in [-0.1, -0.05) is 0 Å². The summed E-state index contributed by atoms with van der Waals surface area (Å²) >= 11 is 0. The van der Waals surface area contributed by atoms with Crippen LogP contribution < -0.4 is 21.1 Å². The first-order valence-electron chi connectivity index (χ1n) is 10.6. The molecule has 0 spiro atoms. The van der Waals surface area contributed by atoms with E-state index in [0.29, 0.717) is 24.7 Å². The van der Waals surface area contributed by atoms with Gasteiger partial charge in [0.1, 0.15) is 28.8 Å². The molecule has 9 nitrogen and oxygen atoms in total. The number of aromatic hydroxyl groups is 1. The summed E-state index contributed by atoms with van der Waals surface area (Å²) in [5.41, 5.74) is 6.56. The molecule has 2 aromatic carbocycles. The van der Waals surface area contributed by atoms with Crippen LogP contribution in [0.4, 0.5) is 31.9 Å². The quantitative estimate of drug-likeness (QED) is 0.233. The van der Waals surface area contributed by atoms with Crippen LogP contribution in [0.2, 0.25) is 0 Å². The molecule has 178 valence electrons. The summed E-state index contributed by atoms with van der Waals surface area (Å²) in [4.78, 5) is 12.8. The van der Waals surface area contributed by atoms with Crippen LogP contribution >= 0.6 is 0 Å². The lowest BCUT2D eigenvalue weighted by molar-refractivity contribution is 0.0904. The van der Waals surface area contributed by atoms with Crippen molar-refractivity contribution in [3.05, 3.63) is 59.8 Å². The Morgan fingerprint density at radius 3 is 2.50 bits per heavy atom. The van der Waals surface area contributed by atoms with Gasteiger partial charge in [-0.25, -0.2) is 18.8 Å². The van der Waals surface area contributed by atoms with Crippen LogP contribution in [0, 0.1) is 11.6 Å². The molecule has 0 atom stereocenters. The van der Waals surface area contributed by atoms with Crippen molar-refractivity contribution < 1.29 is 23.4 Å². The second-order valence-corrected chi connectivity index (χ2v) is 7.60. The van der Waals surface area contributed by atoms with Crippen molar-refractivity contribution in [2.75, 3.05) is 31.0 Å². The van der Waals surface area contributed by atoms with Crippen molar-refractivity contribution in [2.45, 2.75) is 18.9 Å². The molecule has 1 aliphatic heterocycles. The standard InChI is InChI=1S/C23H24F2N6O3/c1-33-16-10-18(24)20(19(25)11-16)30-21(26)17-12-27-23(29-13-2-4-15(32)5-3-13)31-22(17)28-14-6-8-34-9-7-14/h2-5,10-12,14,32H,6-9H2,1H3,(H2,26,30)(H2,27,28,29,31). The zero-order valence-electron chi connectivity index (χ0n) is 18.4. The van der Waals surface area contributed by atoms with Gasteiger partial charge in [0.2, 0.25) is 5.95 Å². The number of aliphatic imine (C=N–C) groups is 1. The van der Waals surface area contributed by atoms with E-state index in [2.05, 4.69) is 25.6 Å². The van der Waals surface area contributed by atoms with Gasteiger partial charge in [0.05, 0.1) is 12.7 Å². The number of benzene rings is 2. The third-order valence-electron chi connectivity index (χ3n) is 5.21. The van der Waals surface area contributed by atoms with Crippen LogP contribution in [0.25, 0.3) is 0 Å². The predicted molar refractivity (Wildman–Crippen MR) is 124 cm³/mol. The summed E-state index contributed by atoms with van der Waals surface area (Å²) in [6.45, 7) is 1.20. The number of nitrogens with one attached hydrogen (secondary N) is 2. The molecule has 0 unspecified atom stereocenters. The Morgan fingerprint density at radius 2 is 1.85 bits per heavy atom. The Bertz CT molecular complexity index is 1160. The molecule has 0 saturated carbocycles. The van der Waals surface area contributed by atoms with Crippen molar-refractivity contribution in [1.82, 2.24) is 9.97 Å². The van der Waals surface area contributed by atoms with Crippen molar-refractivity contribution >= 4 is 29.0 Å². The normalized spacial score (nSPS) is 14.6. The minimum Gasteiger partial charge on any atom is -0.508 e. The van der Waals surface area contributed by atoms with E-state index in [1.165, 1.54) is 25.4 Å². The number of halogens is 2. The lowest BCUT2D eigenvalue weighted by Crippen LogP contribution is -2.30. The number of nitrogens with two attached hydrogens (primary N) is 1. The Morgan fingerprint density at radius 1 is 1.18 bits per heavy atom. The van der Waals surface area contributed by atoms with E-state index in [-0.39, 0.29) is 34.9 Å². The molecular weight excluding hydrogens is 446 g/mol. The summed E-state index contributed by atoms with van der Waals surface area (Å²) < 4.78 is 39.1. The van der Waals surface area contributed by atoms with Crippen LogP contribution in [0.15, 0.2) is 47.6 Å². The van der Waals surface area contributed by atoms with Gasteiger partial charge in [0.25, 0.3) is 0 Å². The molecule has 1 fully saturated rings. The molecule has 0 amide bonds. The molecule has 1 aliphatic rings. The Balaban J connectivity index is 1.68. The summed E-state index contributed by atoms with van der Waals surface area (Å²) in [6, 6.07) is 8.51. The Labute approximate surface area is 194 Å². The van der Waals surface area contributed by atoms with Crippen molar-refractivity contribution in [3.8, 4) is 11.5 Å². The van der Waals surface area contributed by atoms with Gasteiger partial charge in [-0.05, 0) is 37.1 Å². The van der Waals surface area contributed by atoms with Gasteiger partial charge in [0.15, 0.2) is 11.6 Å². The summed E-state index contributed by atoms with van der Waals surface area (Å²) in [6.07, 6.45) is 2.93. The molecule has 11 heteroatoms. The molecule has 4 rings (SSSR count). The van der Waals surface area contributed by atoms with Gasteiger partial charge >= 0.3 is 0 Å². The first-order chi connectivity index (χ1) is 16.4. The van der Waals surface area contributed by atoms with Crippen molar-refractivity contribution in [2.24, 2.45) is 10.7 Å². The number of aromatic nitrogens is 2. The van der Waals surface area contributed by atoms with E-state index < -0.39 is 17.3 Å². The van der Waals surface area contributed by atoms with Gasteiger partial charge in [0, 0.05) is 43.3 Å². The molecular formula is C23H24F2N6O3. The van der Waals surface area contributed by atoms with Crippen LogP contribution in [-0.2, 0) is 4.74 Å². The average Bonchev–Trinajstić information content (AvgIpc) is 2.83. The fourth-order valence-corrected chi connectivity index (χ4v) is 3.40. The SMILES string of the molecule is COc1cc(F)c(N=C(N)c2cnc(Nc3ccc(O)cc3)nc2NC2CCOCC2)c(F)c1. The van der Waals surface area contributed by atoms with Crippen LogP contribution in [0.5, 0.6) is 11.5 Å². The zero-order chi connectivity index (χ0) is 24.1. The molecule has 0 bridgehead atoms. The number of amidine groups is 1. The second-order valence-electron chi connectivity index (χ2n) is 7.60. The maximum atomic E-state index is 14.4. The third kappa shape index (κ3) is 5.49. The van der Waals surface area contributed by atoms with Crippen molar-refractivity contribution in [1.29, 1.82) is 0 Å². The summed E-state index contributed by atoms with van der Waals surface area (Å²) in [7, 11) is 1.31. The average molecular weight is 470 g/mol. The zero-order valence-corrected chi connectivity index (χ0v) is 18.4. The number of nitrogens with zero attached hydrogens (tertiary/aromatic N) is 3. The molecule has 0 radical (unpaired) electrons. The largest absolute Gasteiger partial charge is 0.508 e. The van der Waals surface area contributed by atoms with E-state index in [1.54, 1.807) is 12.1 Å². The van der Waals surface area contributed by atoms with E-state index in [1.807, 2.05) is 0 Å². The second kappa shape index (κ2) is 10.3. The summed E-state index contributed by atoms with van der Waals surface area (Å²) in [5, 5.41) is 15.8. The van der Waals surface area contributed by atoms with Crippen molar-refractivity contribution in [3.63, 3.8) is 0 Å². The molecule has 1 aromatic heterocycles. The number of methoxy groups -OCH3 is 1. The third-order valence-corrected chi connectivity index (χ3v) is 5.21. The highest BCUT2D eigenvalue weighted by atomic mass is 19.1. The van der Waals surface area contributed by atoms with Gasteiger partial charge in [-0.2, -0.15) is 4.98 Å². The van der Waals surface area contributed by atoms with Crippen LogP contribution in [0.3, 0.4) is 0 Å². The molecule has 0 aliphatic carbocycles. The van der Waals surface area contributed by atoms with Crippen LogP contribution in [0.1, 0.15) is 18.4 Å². The fourth-order valence-electron chi connectivity index (χ4n) is 3.40. The number of phenols is 1. The lowest BCUT2D eigenvalue weighted by Gasteiger charge is -2.24. The smallest absolute Gasteiger partial charge is 0.229 e. The Hall–Kier alpha value is -3.99. The van der Waals surface area contributed by atoms with Gasteiger partial charge < -0.3 is 30.9 Å². The first kappa shape index (κ1) is 23.2. The monoisotopic (exact) mass is 470 g/mol. The lowest BCUT2D eigenvalue weighted by atomic mass is 10.1. The number of hydrogen-bond donors (Lipinski definition) is 4. The van der Waals surface area contributed by atoms with E-state index in [9.17, 15) is 13.9 Å². The van der Waals surface area contributed by atoms with Gasteiger partial charge in [-0.3, -0.25) is 0 Å². The number of hydrogen-bond acceptors (Lipinski definition) is 8. The first-order valence-corrected chi connectivity index (χ1v) is 10.6. The molecule has 5 N–H and O–H groups in total. The maximum Gasteiger partial charge on any atom is 0.229 e. The Kier molecular flexibility index (Phi) is 7.02. The van der Waals surface area contributed by atoms with Gasteiger partial charge in [-0.15, -0.1) is 0 Å². The molecule has 34 heavy (non-hydrogen) atoms. The number of phenolic OH excluding ortho intramolecular Hbond substituents is 1. The van der Waals surface area contributed by atoms with Crippen LogP contribution in [-0.4, -0.2) is 47.3 Å². The van der Waals surface area contributed by atoms with E-state index in [4.69, 9.17) is 15.2 Å². The maximum absolute atomic E-state index is 14.4. The number of anilines is 3. The molecule has 1 saturated heterocycles. The fraction of sp³-hybridized carbons (Fsp3) is 0.261. The summed E-state index contributed by atoms with van der Waals surface area (Å²) in [5.74, 6) is -1.20. The minimum atomic E-state index is -0.912. The van der Waals surface area contributed by atoms with E-state index >= 15 is 0 Å². The highest BCUT2D eigenvalue weighted by Crippen LogP contribution is 2.29.